The lowest BCUT2D eigenvalue weighted by atomic mass is 9.97. The predicted octanol–water partition coefficient (Wildman–Crippen LogP) is 0.174. The van der Waals surface area contributed by atoms with Gasteiger partial charge in [-0.3, -0.25) is 9.69 Å². The van der Waals surface area contributed by atoms with Crippen LogP contribution in [0.25, 0.3) is 0 Å². The Bertz CT molecular complexity index is 244. The highest BCUT2D eigenvalue weighted by molar-refractivity contribution is 5.69. The van der Waals surface area contributed by atoms with Crippen LogP contribution in [0.15, 0.2) is 0 Å². The molecule has 0 amide bonds. The zero-order valence-corrected chi connectivity index (χ0v) is 7.87. The quantitative estimate of drug-likeness (QED) is 0.721. The summed E-state index contributed by atoms with van der Waals surface area (Å²) in [5, 5.41) is 17.2. The molecule has 0 aromatic carbocycles. The van der Waals surface area contributed by atoms with Gasteiger partial charge in [0.2, 0.25) is 0 Å². The van der Waals surface area contributed by atoms with Crippen LogP contribution < -0.4 is 0 Å². The molecule has 2 atom stereocenters. The van der Waals surface area contributed by atoms with E-state index in [1.54, 1.807) is 0 Å². The molecule has 0 aromatic rings. The normalized spacial score (nSPS) is 28.3. The van der Waals surface area contributed by atoms with Gasteiger partial charge in [-0.05, 0) is 0 Å². The second-order valence-electron chi connectivity index (χ2n) is 3.68. The van der Waals surface area contributed by atoms with Crippen molar-refractivity contribution in [2.45, 2.75) is 6.18 Å². The molecule has 0 aliphatic carbocycles. The maximum absolute atomic E-state index is 12.4. The van der Waals surface area contributed by atoms with E-state index >= 15 is 0 Å². The first-order chi connectivity index (χ1) is 6.84. The Morgan fingerprint density at radius 1 is 1.40 bits per heavy atom. The summed E-state index contributed by atoms with van der Waals surface area (Å²) < 4.78 is 37.3. The first kappa shape index (κ1) is 12.3. The van der Waals surface area contributed by atoms with Crippen molar-refractivity contribution in [3.8, 4) is 0 Å². The molecule has 1 saturated heterocycles. The Morgan fingerprint density at radius 2 is 2.00 bits per heavy atom. The molecule has 1 rings (SSSR count). The summed E-state index contributed by atoms with van der Waals surface area (Å²) in [6.45, 7) is -1.35. The average Bonchev–Trinajstić information content (AvgIpc) is 2.45. The third kappa shape index (κ3) is 3.07. The fourth-order valence-corrected chi connectivity index (χ4v) is 1.84. The summed E-state index contributed by atoms with van der Waals surface area (Å²) in [7, 11) is 0. The maximum atomic E-state index is 12.4. The topological polar surface area (TPSA) is 60.8 Å². The number of hydrogen-bond acceptors (Lipinski definition) is 3. The molecule has 1 aliphatic rings. The molecule has 1 heterocycles. The zero-order valence-electron chi connectivity index (χ0n) is 7.87. The van der Waals surface area contributed by atoms with E-state index < -0.39 is 37.1 Å². The highest BCUT2D eigenvalue weighted by atomic mass is 19.4. The first-order valence-corrected chi connectivity index (χ1v) is 4.46. The van der Waals surface area contributed by atoms with Crippen LogP contribution in [0, 0.1) is 11.8 Å². The molecule has 0 aromatic heterocycles. The average molecular weight is 227 g/mol. The van der Waals surface area contributed by atoms with Crippen LogP contribution in [0.2, 0.25) is 0 Å². The first-order valence-electron chi connectivity index (χ1n) is 4.46. The summed E-state index contributed by atoms with van der Waals surface area (Å²) in [4.78, 5) is 11.5. The van der Waals surface area contributed by atoms with Crippen molar-refractivity contribution in [3.63, 3.8) is 0 Å². The molecule has 1 fully saturated rings. The molecule has 15 heavy (non-hydrogen) atoms. The lowest BCUT2D eigenvalue weighted by Gasteiger charge is -2.19. The van der Waals surface area contributed by atoms with Gasteiger partial charge in [-0.2, -0.15) is 13.2 Å². The number of aliphatic carboxylic acids is 1. The maximum Gasteiger partial charge on any atom is 0.393 e. The molecule has 0 radical (unpaired) electrons. The van der Waals surface area contributed by atoms with Crippen LogP contribution in [-0.2, 0) is 4.79 Å². The van der Waals surface area contributed by atoms with E-state index in [1.165, 1.54) is 4.90 Å². The second kappa shape index (κ2) is 4.36. The lowest BCUT2D eigenvalue weighted by Crippen LogP contribution is -2.32. The van der Waals surface area contributed by atoms with Gasteiger partial charge in [0, 0.05) is 25.6 Å². The molecular weight excluding hydrogens is 215 g/mol. The van der Waals surface area contributed by atoms with E-state index in [4.69, 9.17) is 10.2 Å². The minimum atomic E-state index is -4.37. The zero-order chi connectivity index (χ0) is 11.6. The lowest BCUT2D eigenvalue weighted by molar-refractivity contribution is -0.183. The fourth-order valence-electron chi connectivity index (χ4n) is 1.84. The van der Waals surface area contributed by atoms with Crippen molar-refractivity contribution in [1.82, 2.24) is 4.90 Å². The van der Waals surface area contributed by atoms with E-state index in [9.17, 15) is 18.0 Å². The van der Waals surface area contributed by atoms with Gasteiger partial charge in [-0.1, -0.05) is 0 Å². The van der Waals surface area contributed by atoms with E-state index in [0.717, 1.165) is 0 Å². The monoisotopic (exact) mass is 227 g/mol. The largest absolute Gasteiger partial charge is 0.480 e. The molecule has 2 N–H and O–H groups in total. The van der Waals surface area contributed by atoms with Gasteiger partial charge < -0.3 is 10.2 Å². The van der Waals surface area contributed by atoms with Crippen LogP contribution >= 0.6 is 0 Å². The van der Waals surface area contributed by atoms with E-state index in [0.29, 0.717) is 0 Å². The number of carboxylic acid groups (broad SMARTS) is 1. The Labute approximate surface area is 84.3 Å². The number of carbonyl (C=O) groups is 1. The molecule has 7 heteroatoms. The van der Waals surface area contributed by atoms with Crippen LogP contribution in [-0.4, -0.2) is 53.5 Å². The molecule has 0 bridgehead atoms. The smallest absolute Gasteiger partial charge is 0.393 e. The minimum Gasteiger partial charge on any atom is -0.480 e. The number of halogens is 3. The number of likely N-dealkylation sites (tertiary alicyclic amines) is 1. The van der Waals surface area contributed by atoms with Gasteiger partial charge >= 0.3 is 12.1 Å². The standard InChI is InChI=1S/C8H12F3NO3/c9-8(10,11)6-2-12(3-7(14)15)1-5(6)4-13/h5-6,13H,1-4H2,(H,14,15). The summed E-state index contributed by atoms with van der Waals surface area (Å²) in [5.41, 5.74) is 0. The third-order valence-electron chi connectivity index (χ3n) is 2.53. The summed E-state index contributed by atoms with van der Waals surface area (Å²) in [6.07, 6.45) is -4.37. The molecule has 0 saturated carbocycles. The Balaban J connectivity index is 2.63. The van der Waals surface area contributed by atoms with Crippen molar-refractivity contribution in [1.29, 1.82) is 0 Å². The van der Waals surface area contributed by atoms with Gasteiger partial charge in [0.05, 0.1) is 12.5 Å². The van der Waals surface area contributed by atoms with Gasteiger partial charge in [0.15, 0.2) is 0 Å². The Kier molecular flexibility index (Phi) is 3.56. The van der Waals surface area contributed by atoms with E-state index in [1.807, 2.05) is 0 Å². The third-order valence-corrected chi connectivity index (χ3v) is 2.53. The van der Waals surface area contributed by atoms with Crippen molar-refractivity contribution in [3.05, 3.63) is 0 Å². The second-order valence-corrected chi connectivity index (χ2v) is 3.68. The number of alkyl halides is 3. The van der Waals surface area contributed by atoms with Gasteiger partial charge in [0.25, 0.3) is 0 Å². The molecule has 0 spiro atoms. The number of rotatable bonds is 3. The Hall–Kier alpha value is -0.820. The van der Waals surface area contributed by atoms with Crippen LogP contribution in [0.4, 0.5) is 13.2 Å². The molecular formula is C8H12F3NO3. The summed E-state index contributed by atoms with van der Waals surface area (Å²) in [5.74, 6) is -3.69. The van der Waals surface area contributed by atoms with E-state index in [2.05, 4.69) is 0 Å². The van der Waals surface area contributed by atoms with Gasteiger partial charge in [0.1, 0.15) is 0 Å². The molecule has 2 unspecified atom stereocenters. The van der Waals surface area contributed by atoms with Crippen molar-refractivity contribution < 1.29 is 28.2 Å². The molecule has 88 valence electrons. The Morgan fingerprint density at radius 3 is 2.33 bits per heavy atom. The van der Waals surface area contributed by atoms with Crippen molar-refractivity contribution >= 4 is 5.97 Å². The summed E-state index contributed by atoms with van der Waals surface area (Å²) >= 11 is 0. The SMILES string of the molecule is O=C(O)CN1CC(CO)C(C(F)(F)F)C1. The summed E-state index contributed by atoms with van der Waals surface area (Å²) in [6, 6.07) is 0. The van der Waals surface area contributed by atoms with Crippen LogP contribution in [0.5, 0.6) is 0 Å². The minimum absolute atomic E-state index is 0.0209. The highest BCUT2D eigenvalue weighted by Gasteiger charge is 2.49. The number of aliphatic hydroxyl groups excluding tert-OH is 1. The number of hydrogen-bond donors (Lipinski definition) is 2. The highest BCUT2D eigenvalue weighted by Crippen LogP contribution is 2.37. The predicted molar refractivity (Wildman–Crippen MR) is 44.2 cm³/mol. The van der Waals surface area contributed by atoms with Gasteiger partial charge in [-0.15, -0.1) is 0 Å². The van der Waals surface area contributed by atoms with Crippen LogP contribution in [0.1, 0.15) is 0 Å². The van der Waals surface area contributed by atoms with Crippen molar-refractivity contribution in [2.75, 3.05) is 26.2 Å². The van der Waals surface area contributed by atoms with Crippen LogP contribution in [0.3, 0.4) is 0 Å². The van der Waals surface area contributed by atoms with Crippen molar-refractivity contribution in [2.24, 2.45) is 11.8 Å². The fraction of sp³-hybridized carbons (Fsp3) is 0.875. The number of carboxylic acids is 1. The van der Waals surface area contributed by atoms with E-state index in [-0.39, 0.29) is 13.1 Å². The van der Waals surface area contributed by atoms with Gasteiger partial charge in [-0.25, -0.2) is 0 Å². The number of nitrogens with zero attached hydrogens (tertiary/aromatic N) is 1. The molecule has 1 aliphatic heterocycles. The number of aliphatic hydroxyl groups is 1. The molecule has 4 nitrogen and oxygen atoms in total.